The van der Waals surface area contributed by atoms with Crippen LogP contribution in [0, 0.1) is 18.7 Å². The van der Waals surface area contributed by atoms with Crippen LogP contribution in [0.5, 0.6) is 0 Å². The molecule has 0 heterocycles. The molecule has 0 radical (unpaired) electrons. The number of anilines is 1. The third kappa shape index (κ3) is 3.19. The van der Waals surface area contributed by atoms with Crippen molar-refractivity contribution in [2.45, 2.75) is 24.2 Å². The van der Waals surface area contributed by atoms with Gasteiger partial charge in [0.25, 0.3) is 0 Å². The molecule has 126 valence electrons. The zero-order valence-corrected chi connectivity index (χ0v) is 14.2. The number of hydrogen-bond donors (Lipinski definition) is 1. The molecular weight excluding hydrogens is 329 g/mol. The van der Waals surface area contributed by atoms with E-state index in [0.717, 1.165) is 23.4 Å². The van der Waals surface area contributed by atoms with Crippen molar-refractivity contribution < 1.29 is 17.6 Å². The topological polar surface area (TPSA) is 63.2 Å². The molecule has 2 atom stereocenters. The minimum Gasteiger partial charge on any atom is -0.325 e. The Morgan fingerprint density at radius 3 is 2.54 bits per heavy atom. The number of nitrogens with one attached hydrogen (secondary N) is 1. The quantitative estimate of drug-likeness (QED) is 0.923. The first kappa shape index (κ1) is 16.6. The zero-order chi connectivity index (χ0) is 17.5. The summed E-state index contributed by atoms with van der Waals surface area (Å²) < 4.78 is 37.4. The van der Waals surface area contributed by atoms with E-state index in [1.165, 1.54) is 12.1 Å². The highest BCUT2D eigenvalue weighted by Crippen LogP contribution is 2.49. The Hall–Kier alpha value is -2.21. The van der Waals surface area contributed by atoms with E-state index < -0.39 is 20.5 Å². The average Bonchev–Trinajstić information content (AvgIpc) is 3.26. The second-order valence-electron chi connectivity index (χ2n) is 6.18. The second kappa shape index (κ2) is 6.02. The molecule has 0 unspecified atom stereocenters. The van der Waals surface area contributed by atoms with Crippen molar-refractivity contribution in [3.8, 4) is 0 Å². The normalized spacial score (nSPS) is 19.8. The fourth-order valence-corrected chi connectivity index (χ4v) is 3.98. The molecule has 3 rings (SSSR count). The van der Waals surface area contributed by atoms with Gasteiger partial charge in [0, 0.05) is 12.2 Å². The van der Waals surface area contributed by atoms with E-state index in [0.29, 0.717) is 6.42 Å². The molecule has 1 saturated carbocycles. The standard InChI is InChI=1S/C18H18FNO3S/c1-11-6-3-4-7-12(11)13-10-14(13)18(21)20-16-9-5-8-15(19)17(16)24(2,22)23/h3-9,13-14H,10H2,1-2H3,(H,20,21)/t13-,14+/m0/s1. The average molecular weight is 347 g/mol. The number of benzene rings is 2. The molecule has 1 aliphatic carbocycles. The van der Waals surface area contributed by atoms with E-state index in [4.69, 9.17) is 0 Å². The summed E-state index contributed by atoms with van der Waals surface area (Å²) in [5.74, 6) is -1.23. The Morgan fingerprint density at radius 1 is 1.17 bits per heavy atom. The number of aryl methyl sites for hydroxylation is 1. The number of amides is 1. The molecule has 0 aliphatic heterocycles. The summed E-state index contributed by atoms with van der Waals surface area (Å²) in [5, 5.41) is 2.58. The fraction of sp³-hybridized carbons (Fsp3) is 0.278. The molecule has 1 amide bonds. The van der Waals surface area contributed by atoms with Crippen molar-refractivity contribution in [1.82, 2.24) is 0 Å². The van der Waals surface area contributed by atoms with Gasteiger partial charge < -0.3 is 5.32 Å². The third-order valence-corrected chi connectivity index (χ3v) is 5.47. The predicted molar refractivity (Wildman–Crippen MR) is 90.2 cm³/mol. The summed E-state index contributed by atoms with van der Waals surface area (Å²) in [7, 11) is -3.78. The summed E-state index contributed by atoms with van der Waals surface area (Å²) in [5.41, 5.74) is 2.25. The maximum absolute atomic E-state index is 13.9. The molecular formula is C18H18FNO3S. The van der Waals surface area contributed by atoms with Crippen LogP contribution in [0.2, 0.25) is 0 Å². The van der Waals surface area contributed by atoms with E-state index in [1.807, 2.05) is 31.2 Å². The van der Waals surface area contributed by atoms with Gasteiger partial charge in [-0.2, -0.15) is 0 Å². The first-order valence-electron chi connectivity index (χ1n) is 7.64. The Kier molecular flexibility index (Phi) is 4.17. The first-order valence-corrected chi connectivity index (χ1v) is 9.53. The Balaban J connectivity index is 1.81. The number of carbonyl (C=O) groups is 1. The van der Waals surface area contributed by atoms with Crippen molar-refractivity contribution in [1.29, 1.82) is 0 Å². The SMILES string of the molecule is Cc1ccccc1[C@@H]1C[C@H]1C(=O)Nc1cccc(F)c1S(C)(=O)=O. The van der Waals surface area contributed by atoms with Crippen LogP contribution in [0.15, 0.2) is 47.4 Å². The van der Waals surface area contributed by atoms with E-state index in [1.54, 1.807) is 0 Å². The lowest BCUT2D eigenvalue weighted by atomic mass is 10.0. The number of carbonyl (C=O) groups excluding carboxylic acids is 1. The Bertz CT molecular complexity index is 908. The summed E-state index contributed by atoms with van der Waals surface area (Å²) >= 11 is 0. The Labute approximate surface area is 140 Å². The van der Waals surface area contributed by atoms with Crippen LogP contribution in [0.25, 0.3) is 0 Å². The molecule has 4 nitrogen and oxygen atoms in total. The van der Waals surface area contributed by atoms with Gasteiger partial charge in [-0.1, -0.05) is 30.3 Å². The monoisotopic (exact) mass is 347 g/mol. The highest BCUT2D eigenvalue weighted by atomic mass is 32.2. The van der Waals surface area contributed by atoms with Crippen molar-refractivity contribution >= 4 is 21.4 Å². The molecule has 0 aromatic heterocycles. The largest absolute Gasteiger partial charge is 0.325 e. The van der Waals surface area contributed by atoms with E-state index in [-0.39, 0.29) is 23.4 Å². The van der Waals surface area contributed by atoms with Crippen LogP contribution in [-0.2, 0) is 14.6 Å². The lowest BCUT2D eigenvalue weighted by Crippen LogP contribution is -2.17. The van der Waals surface area contributed by atoms with Crippen LogP contribution < -0.4 is 5.32 Å². The molecule has 1 aliphatic rings. The van der Waals surface area contributed by atoms with Gasteiger partial charge in [0.15, 0.2) is 9.84 Å². The maximum atomic E-state index is 13.9. The van der Waals surface area contributed by atoms with Crippen LogP contribution in [0.1, 0.15) is 23.5 Å². The van der Waals surface area contributed by atoms with Gasteiger partial charge in [0.05, 0.1) is 5.69 Å². The molecule has 2 aromatic rings. The van der Waals surface area contributed by atoms with Crippen molar-refractivity contribution in [3.63, 3.8) is 0 Å². The van der Waals surface area contributed by atoms with E-state index in [2.05, 4.69) is 5.32 Å². The predicted octanol–water partition coefficient (Wildman–Crippen LogP) is 3.28. The lowest BCUT2D eigenvalue weighted by molar-refractivity contribution is -0.117. The van der Waals surface area contributed by atoms with Gasteiger partial charge in [-0.25, -0.2) is 12.8 Å². The van der Waals surface area contributed by atoms with E-state index in [9.17, 15) is 17.6 Å². The van der Waals surface area contributed by atoms with Crippen LogP contribution in [-0.4, -0.2) is 20.6 Å². The van der Waals surface area contributed by atoms with Gasteiger partial charge in [0.1, 0.15) is 10.7 Å². The van der Waals surface area contributed by atoms with Crippen LogP contribution >= 0.6 is 0 Å². The molecule has 1 fully saturated rings. The second-order valence-corrected chi connectivity index (χ2v) is 8.14. The van der Waals surface area contributed by atoms with Crippen LogP contribution in [0.3, 0.4) is 0 Å². The molecule has 0 spiro atoms. The summed E-state index contributed by atoms with van der Waals surface area (Å²) in [6.07, 6.45) is 1.63. The Morgan fingerprint density at radius 2 is 1.88 bits per heavy atom. The molecule has 6 heteroatoms. The smallest absolute Gasteiger partial charge is 0.228 e. The number of rotatable bonds is 4. The summed E-state index contributed by atoms with van der Waals surface area (Å²) in [4.78, 5) is 12.0. The molecule has 1 N–H and O–H groups in total. The third-order valence-electron chi connectivity index (χ3n) is 4.31. The highest BCUT2D eigenvalue weighted by Gasteiger charge is 2.44. The van der Waals surface area contributed by atoms with Crippen molar-refractivity contribution in [3.05, 3.63) is 59.4 Å². The van der Waals surface area contributed by atoms with Crippen LogP contribution in [0.4, 0.5) is 10.1 Å². The van der Waals surface area contributed by atoms with Gasteiger partial charge >= 0.3 is 0 Å². The number of hydrogen-bond acceptors (Lipinski definition) is 3. The summed E-state index contributed by atoms with van der Waals surface area (Å²) in [6.45, 7) is 2.00. The minimum atomic E-state index is -3.78. The lowest BCUT2D eigenvalue weighted by Gasteiger charge is -2.11. The van der Waals surface area contributed by atoms with Crippen molar-refractivity contribution in [2.75, 3.05) is 11.6 Å². The zero-order valence-electron chi connectivity index (χ0n) is 13.4. The fourth-order valence-electron chi connectivity index (χ4n) is 3.04. The molecule has 0 saturated heterocycles. The molecule has 2 aromatic carbocycles. The number of sulfone groups is 1. The minimum absolute atomic E-state index is 0.00191. The summed E-state index contributed by atoms with van der Waals surface area (Å²) in [6, 6.07) is 11.7. The van der Waals surface area contributed by atoms with Gasteiger partial charge in [-0.15, -0.1) is 0 Å². The van der Waals surface area contributed by atoms with Gasteiger partial charge in [-0.3, -0.25) is 4.79 Å². The first-order chi connectivity index (χ1) is 11.3. The molecule has 24 heavy (non-hydrogen) atoms. The number of halogens is 1. The molecule has 0 bridgehead atoms. The van der Waals surface area contributed by atoms with Gasteiger partial charge in [-0.05, 0) is 42.5 Å². The maximum Gasteiger partial charge on any atom is 0.228 e. The van der Waals surface area contributed by atoms with Gasteiger partial charge in [0.2, 0.25) is 5.91 Å². The van der Waals surface area contributed by atoms with E-state index >= 15 is 0 Å². The highest BCUT2D eigenvalue weighted by molar-refractivity contribution is 7.90. The van der Waals surface area contributed by atoms with Crippen molar-refractivity contribution in [2.24, 2.45) is 5.92 Å².